The molecule has 12 heavy (non-hydrogen) atoms. The van der Waals surface area contributed by atoms with Crippen LogP contribution in [0.25, 0.3) is 0 Å². The zero-order valence-electron chi connectivity index (χ0n) is 11.1. The average molecular weight is 253 g/mol. The van der Waals surface area contributed by atoms with Crippen LogP contribution in [0.15, 0.2) is 9.98 Å². The SMILES string of the molecule is [2H]C1([2H])COCC([2H])([2H])C1([2H])c1ncc(Br)s1. The largest absolute Gasteiger partial charge is 0.381 e. The molecule has 1 fully saturated rings. The number of thiazole rings is 1. The van der Waals surface area contributed by atoms with Crippen LogP contribution in [0.1, 0.15) is 30.5 Å². The molecule has 0 aliphatic carbocycles. The zero-order chi connectivity index (χ0) is 12.9. The summed E-state index contributed by atoms with van der Waals surface area (Å²) in [5, 5.41) is 0.127. The molecular weight excluding hydrogens is 238 g/mol. The highest BCUT2D eigenvalue weighted by molar-refractivity contribution is 9.11. The zero-order valence-corrected chi connectivity index (χ0v) is 8.54. The molecule has 0 aromatic carbocycles. The summed E-state index contributed by atoms with van der Waals surface area (Å²) in [7, 11) is 0. The van der Waals surface area contributed by atoms with E-state index >= 15 is 0 Å². The molecule has 0 radical (unpaired) electrons. The van der Waals surface area contributed by atoms with Crippen LogP contribution in [0.4, 0.5) is 0 Å². The summed E-state index contributed by atoms with van der Waals surface area (Å²) < 4.78 is 45.2. The summed E-state index contributed by atoms with van der Waals surface area (Å²) in [6, 6.07) is 0. The van der Waals surface area contributed by atoms with Crippen molar-refractivity contribution in [2.75, 3.05) is 13.2 Å². The van der Waals surface area contributed by atoms with Crippen LogP contribution in [-0.4, -0.2) is 18.2 Å². The maximum absolute atomic E-state index is 8.28. The molecule has 0 bridgehead atoms. The van der Waals surface area contributed by atoms with Crippen LogP contribution < -0.4 is 0 Å². The molecule has 1 aliphatic heterocycles. The molecule has 0 saturated carbocycles. The first-order chi connectivity index (χ1) is 7.71. The molecule has 2 nitrogen and oxygen atoms in total. The van der Waals surface area contributed by atoms with E-state index in [-0.39, 0.29) is 18.2 Å². The first-order valence-corrected chi connectivity index (χ1v) is 5.01. The van der Waals surface area contributed by atoms with Gasteiger partial charge in [0.25, 0.3) is 0 Å². The Morgan fingerprint density at radius 1 is 1.75 bits per heavy atom. The second-order valence-electron chi connectivity index (χ2n) is 2.19. The Kier molecular flexibility index (Phi) is 1.45. The highest BCUT2D eigenvalue weighted by Gasteiger charge is 2.18. The quantitative estimate of drug-likeness (QED) is 0.767. The molecule has 1 aromatic rings. The molecule has 2 rings (SSSR count). The third kappa shape index (κ3) is 1.87. The number of rotatable bonds is 1. The highest BCUT2D eigenvalue weighted by Crippen LogP contribution is 2.31. The van der Waals surface area contributed by atoms with Crippen molar-refractivity contribution in [1.82, 2.24) is 4.98 Å². The van der Waals surface area contributed by atoms with Gasteiger partial charge >= 0.3 is 0 Å². The van der Waals surface area contributed by atoms with Crippen LogP contribution >= 0.6 is 27.3 Å². The van der Waals surface area contributed by atoms with Gasteiger partial charge in [-0.1, -0.05) is 0 Å². The molecular formula is C8H10BrNOS. The van der Waals surface area contributed by atoms with E-state index in [1.807, 2.05) is 0 Å². The predicted octanol–water partition coefficient (Wildman–Crippen LogP) is 2.80. The molecule has 1 aliphatic rings. The minimum atomic E-state index is -2.12. The van der Waals surface area contributed by atoms with Crippen LogP contribution in [0.2, 0.25) is 0 Å². The van der Waals surface area contributed by atoms with Crippen molar-refractivity contribution in [3.63, 3.8) is 0 Å². The molecule has 0 N–H and O–H groups in total. The van der Waals surface area contributed by atoms with E-state index in [1.165, 1.54) is 6.20 Å². The van der Waals surface area contributed by atoms with E-state index in [0.29, 0.717) is 3.79 Å². The van der Waals surface area contributed by atoms with Gasteiger partial charge in [0.2, 0.25) is 0 Å². The highest BCUT2D eigenvalue weighted by atomic mass is 79.9. The molecule has 1 aromatic heterocycles. The Morgan fingerprint density at radius 2 is 2.50 bits per heavy atom. The van der Waals surface area contributed by atoms with Gasteiger partial charge in [0.05, 0.1) is 15.0 Å². The fourth-order valence-electron chi connectivity index (χ4n) is 0.881. The standard InChI is InChI=1S/C8H10BrNOS/c9-7-5-10-8(12-7)6-1-3-11-4-2-6/h5-6H,1-4H2/i1D2,2D2,6D. The second kappa shape index (κ2) is 3.85. The van der Waals surface area contributed by atoms with Crippen molar-refractivity contribution in [3.8, 4) is 0 Å². The molecule has 66 valence electrons. The summed E-state index contributed by atoms with van der Waals surface area (Å²) >= 11 is 4.27. The number of ether oxygens (including phenoxy) is 1. The molecule has 1 saturated heterocycles. The van der Waals surface area contributed by atoms with Gasteiger partial charge in [-0.2, -0.15) is 0 Å². The molecule has 2 heterocycles. The van der Waals surface area contributed by atoms with Crippen molar-refractivity contribution in [3.05, 3.63) is 15.0 Å². The average Bonchev–Trinajstić information content (AvgIpc) is 2.60. The summed E-state index contributed by atoms with van der Waals surface area (Å²) in [6.07, 6.45) is -2.78. The van der Waals surface area contributed by atoms with Gasteiger partial charge in [-0.15, -0.1) is 11.3 Å². The van der Waals surface area contributed by atoms with Crippen molar-refractivity contribution in [2.24, 2.45) is 0 Å². The van der Waals surface area contributed by atoms with Gasteiger partial charge in [-0.25, -0.2) is 4.98 Å². The third-order valence-electron chi connectivity index (χ3n) is 1.39. The summed E-state index contributed by atoms with van der Waals surface area (Å²) in [6.45, 7) is -0.597. The van der Waals surface area contributed by atoms with Gasteiger partial charge in [-0.05, 0) is 28.7 Å². The van der Waals surface area contributed by atoms with Crippen molar-refractivity contribution in [1.29, 1.82) is 0 Å². The van der Waals surface area contributed by atoms with E-state index in [9.17, 15) is 0 Å². The first-order valence-electron chi connectivity index (χ1n) is 5.90. The third-order valence-corrected chi connectivity index (χ3v) is 2.89. The van der Waals surface area contributed by atoms with Crippen LogP contribution in [-0.2, 0) is 4.74 Å². The van der Waals surface area contributed by atoms with Gasteiger partial charge < -0.3 is 4.74 Å². The predicted molar refractivity (Wildman–Crippen MR) is 52.6 cm³/mol. The first kappa shape index (κ1) is 4.53. The topological polar surface area (TPSA) is 22.1 Å². The van der Waals surface area contributed by atoms with Gasteiger partial charge in [-0.3, -0.25) is 0 Å². The van der Waals surface area contributed by atoms with E-state index in [1.54, 1.807) is 0 Å². The Balaban J connectivity index is 2.56. The molecule has 0 amide bonds. The Morgan fingerprint density at radius 3 is 3.08 bits per heavy atom. The lowest BCUT2D eigenvalue weighted by molar-refractivity contribution is 0.0853. The van der Waals surface area contributed by atoms with Crippen LogP contribution in [0.5, 0.6) is 0 Å². The molecule has 4 heteroatoms. The Labute approximate surface area is 91.1 Å². The van der Waals surface area contributed by atoms with E-state index in [2.05, 4.69) is 20.9 Å². The second-order valence-corrected chi connectivity index (χ2v) is 4.60. The fraction of sp³-hybridized carbons (Fsp3) is 0.625. The lowest BCUT2D eigenvalue weighted by atomic mass is 10.0. The van der Waals surface area contributed by atoms with Crippen LogP contribution in [0, 0.1) is 0 Å². The molecule has 0 unspecified atom stereocenters. The number of hydrogen-bond donors (Lipinski definition) is 0. The summed E-state index contributed by atoms with van der Waals surface area (Å²) in [5.74, 6) is -2.05. The Bertz CT molecular complexity index is 421. The maximum Gasteiger partial charge on any atom is 0.0969 e. The normalized spacial score (nSPS) is 36.9. The number of aromatic nitrogens is 1. The number of nitrogens with zero attached hydrogens (tertiary/aromatic N) is 1. The monoisotopic (exact) mass is 252 g/mol. The summed E-state index contributed by atoms with van der Waals surface area (Å²) in [4.78, 5) is 3.95. The van der Waals surface area contributed by atoms with E-state index in [4.69, 9.17) is 11.6 Å². The smallest absolute Gasteiger partial charge is 0.0969 e. The number of halogens is 1. The fourth-order valence-corrected chi connectivity index (χ4v) is 2.09. The minimum Gasteiger partial charge on any atom is -0.381 e. The van der Waals surface area contributed by atoms with Crippen molar-refractivity contribution < 1.29 is 11.6 Å². The van der Waals surface area contributed by atoms with Crippen molar-refractivity contribution >= 4 is 27.3 Å². The number of hydrogen-bond acceptors (Lipinski definition) is 3. The minimum absolute atomic E-state index is 0.127. The molecule has 0 atom stereocenters. The van der Waals surface area contributed by atoms with Gasteiger partial charge in [0.1, 0.15) is 0 Å². The van der Waals surface area contributed by atoms with Crippen LogP contribution in [0.3, 0.4) is 0 Å². The lowest BCUT2D eigenvalue weighted by Crippen LogP contribution is -2.13. The van der Waals surface area contributed by atoms with E-state index < -0.39 is 18.6 Å². The van der Waals surface area contributed by atoms with Gasteiger partial charge in [0.15, 0.2) is 0 Å². The van der Waals surface area contributed by atoms with Crippen molar-refractivity contribution in [2.45, 2.75) is 18.6 Å². The Hall–Kier alpha value is 0.0700. The molecule has 0 spiro atoms. The summed E-state index contributed by atoms with van der Waals surface area (Å²) in [5.41, 5.74) is 0. The van der Waals surface area contributed by atoms with Gasteiger partial charge in [0, 0.05) is 26.0 Å². The lowest BCUT2D eigenvalue weighted by Gasteiger charge is -2.19. The van der Waals surface area contributed by atoms with E-state index in [0.717, 1.165) is 11.3 Å². The maximum atomic E-state index is 8.28.